The van der Waals surface area contributed by atoms with Gasteiger partial charge in [-0.1, -0.05) is 13.8 Å². The molecular weight excluding hydrogens is 459 g/mol. The van der Waals surface area contributed by atoms with E-state index in [1.54, 1.807) is 26.0 Å². The van der Waals surface area contributed by atoms with Gasteiger partial charge in [0.1, 0.15) is 5.69 Å². The molecule has 4 rings (SSSR count). The van der Waals surface area contributed by atoms with Crippen LogP contribution < -0.4 is 5.32 Å². The first-order valence-electron chi connectivity index (χ1n) is 11.8. The molecule has 3 aromatic rings. The van der Waals surface area contributed by atoms with Crippen LogP contribution >= 0.6 is 0 Å². The molecule has 0 unspecified atom stereocenters. The molecular formula is C25H30F3N5O2. The van der Waals surface area contributed by atoms with Crippen molar-refractivity contribution in [3.05, 3.63) is 47.7 Å². The van der Waals surface area contributed by atoms with Crippen LogP contribution in [0.1, 0.15) is 81.2 Å². The predicted octanol–water partition coefficient (Wildman–Crippen LogP) is 5.71. The van der Waals surface area contributed by atoms with Crippen molar-refractivity contribution in [3.8, 4) is 0 Å². The van der Waals surface area contributed by atoms with E-state index in [1.165, 1.54) is 0 Å². The zero-order chi connectivity index (χ0) is 25.5. The molecule has 0 atom stereocenters. The summed E-state index contributed by atoms with van der Waals surface area (Å²) < 4.78 is 40.2. The molecule has 1 fully saturated rings. The lowest BCUT2D eigenvalue weighted by Crippen LogP contribution is -2.22. The third kappa shape index (κ3) is 5.47. The number of aliphatic hydroxyl groups is 1. The van der Waals surface area contributed by atoms with Gasteiger partial charge in [-0.25, -0.2) is 9.97 Å². The Morgan fingerprint density at radius 1 is 1.11 bits per heavy atom. The molecule has 2 aromatic heterocycles. The summed E-state index contributed by atoms with van der Waals surface area (Å²) >= 11 is 0. The molecule has 2 N–H and O–H groups in total. The Bertz CT molecular complexity index is 1200. The number of amides is 1. The van der Waals surface area contributed by atoms with Crippen molar-refractivity contribution in [2.24, 2.45) is 11.8 Å². The Kier molecular flexibility index (Phi) is 6.61. The minimum absolute atomic E-state index is 0.266. The van der Waals surface area contributed by atoms with Gasteiger partial charge in [-0.3, -0.25) is 9.48 Å². The summed E-state index contributed by atoms with van der Waals surface area (Å²) in [5.41, 5.74) is -1.28. The largest absolute Gasteiger partial charge is 0.434 e. The minimum Gasteiger partial charge on any atom is -0.386 e. The van der Waals surface area contributed by atoms with E-state index >= 15 is 0 Å². The predicted molar refractivity (Wildman–Crippen MR) is 126 cm³/mol. The van der Waals surface area contributed by atoms with Crippen molar-refractivity contribution in [1.82, 2.24) is 19.7 Å². The molecule has 1 aromatic carbocycles. The van der Waals surface area contributed by atoms with Crippen molar-refractivity contribution in [3.63, 3.8) is 0 Å². The lowest BCUT2D eigenvalue weighted by atomic mass is 9.80. The summed E-state index contributed by atoms with van der Waals surface area (Å²) in [6, 6.07) is 3.75. The second-order valence-corrected chi connectivity index (χ2v) is 10.2. The molecule has 0 spiro atoms. The summed E-state index contributed by atoms with van der Waals surface area (Å²) in [5.74, 6) is 0.672. The smallest absolute Gasteiger partial charge is 0.386 e. The average Bonchev–Trinajstić information content (AvgIpc) is 3.20. The number of rotatable bonds is 5. The zero-order valence-corrected chi connectivity index (χ0v) is 20.2. The first-order valence-corrected chi connectivity index (χ1v) is 11.8. The number of hydrogen-bond donors (Lipinski definition) is 2. The fraction of sp³-hybridized carbons (Fsp3) is 0.520. The van der Waals surface area contributed by atoms with E-state index in [-0.39, 0.29) is 5.69 Å². The van der Waals surface area contributed by atoms with Gasteiger partial charge in [0.05, 0.1) is 29.6 Å². The first kappa shape index (κ1) is 25.1. The van der Waals surface area contributed by atoms with Crippen LogP contribution in [-0.4, -0.2) is 30.8 Å². The van der Waals surface area contributed by atoms with Gasteiger partial charge in [0.15, 0.2) is 5.69 Å². The van der Waals surface area contributed by atoms with Gasteiger partial charge in [0.2, 0.25) is 0 Å². The Labute approximate surface area is 201 Å². The quantitative estimate of drug-likeness (QED) is 0.479. The van der Waals surface area contributed by atoms with Crippen LogP contribution in [0.15, 0.2) is 30.7 Å². The number of nitrogens with one attached hydrogen (secondary N) is 1. The highest BCUT2D eigenvalue weighted by Gasteiger charge is 2.33. The molecule has 0 bridgehead atoms. The number of alkyl halides is 3. The molecule has 35 heavy (non-hydrogen) atoms. The number of hydrogen-bond acceptors (Lipinski definition) is 5. The molecule has 0 saturated heterocycles. The Hall–Kier alpha value is -3.01. The fourth-order valence-electron chi connectivity index (χ4n) is 4.70. The topological polar surface area (TPSA) is 92.9 Å². The van der Waals surface area contributed by atoms with Crippen molar-refractivity contribution in [1.29, 1.82) is 0 Å². The number of carbonyl (C=O) groups is 1. The standard InChI is InChI=1S/C25H30F3N5O2/c1-14(2)15-5-7-17(8-6-15)33-13-16-9-20(18(24(3,4)35)10-19(16)32-33)31-23(34)21-11-30-22(12-29-21)25(26,27)28/h9-15,17,35H,5-8H2,1-4H3,(H,31,34)/t15-,17-. The Balaban J connectivity index is 1.61. The highest BCUT2D eigenvalue weighted by molar-refractivity contribution is 6.04. The van der Waals surface area contributed by atoms with E-state index in [1.807, 2.05) is 10.9 Å². The monoisotopic (exact) mass is 489 g/mol. The van der Waals surface area contributed by atoms with Gasteiger partial charge in [-0.05, 0) is 63.5 Å². The molecule has 1 aliphatic carbocycles. The van der Waals surface area contributed by atoms with E-state index in [0.717, 1.165) is 43.2 Å². The lowest BCUT2D eigenvalue weighted by Gasteiger charge is -2.30. The molecule has 1 aliphatic rings. The number of aromatic nitrogens is 4. The Morgan fingerprint density at radius 3 is 2.34 bits per heavy atom. The van der Waals surface area contributed by atoms with E-state index < -0.39 is 23.4 Å². The van der Waals surface area contributed by atoms with Crippen molar-refractivity contribution in [2.75, 3.05) is 5.32 Å². The Morgan fingerprint density at radius 2 is 1.80 bits per heavy atom. The van der Waals surface area contributed by atoms with Crippen molar-refractivity contribution >= 4 is 22.5 Å². The summed E-state index contributed by atoms with van der Waals surface area (Å²) in [6.07, 6.45) is 3.01. The number of halogens is 3. The molecule has 0 aliphatic heterocycles. The summed E-state index contributed by atoms with van der Waals surface area (Å²) in [5, 5.41) is 19.0. The van der Waals surface area contributed by atoms with Gasteiger partial charge in [-0.2, -0.15) is 18.3 Å². The van der Waals surface area contributed by atoms with E-state index in [0.29, 0.717) is 34.9 Å². The zero-order valence-electron chi connectivity index (χ0n) is 20.2. The molecule has 188 valence electrons. The summed E-state index contributed by atoms with van der Waals surface area (Å²) in [4.78, 5) is 19.6. The number of nitrogens with zero attached hydrogens (tertiary/aromatic N) is 4. The van der Waals surface area contributed by atoms with Crippen LogP contribution in [0, 0.1) is 11.8 Å². The van der Waals surface area contributed by atoms with Crippen molar-refractivity contribution in [2.45, 2.75) is 71.2 Å². The second kappa shape index (κ2) is 9.22. The van der Waals surface area contributed by atoms with Gasteiger partial charge < -0.3 is 10.4 Å². The van der Waals surface area contributed by atoms with Gasteiger partial charge >= 0.3 is 6.18 Å². The fourth-order valence-corrected chi connectivity index (χ4v) is 4.70. The highest BCUT2D eigenvalue weighted by atomic mass is 19.4. The van der Waals surface area contributed by atoms with Crippen LogP contribution in [0.2, 0.25) is 0 Å². The number of benzene rings is 1. The summed E-state index contributed by atoms with van der Waals surface area (Å²) in [7, 11) is 0. The SMILES string of the molecule is CC(C)[C@H]1CC[C@H](n2cc3cc(NC(=O)c4cnc(C(F)(F)F)cn4)c(C(C)(C)O)cc3n2)CC1. The van der Waals surface area contributed by atoms with Crippen LogP contribution in [-0.2, 0) is 11.8 Å². The van der Waals surface area contributed by atoms with Crippen molar-refractivity contribution < 1.29 is 23.1 Å². The molecule has 1 saturated carbocycles. The molecule has 1 amide bonds. The number of carbonyl (C=O) groups excluding carboxylic acids is 1. The lowest BCUT2D eigenvalue weighted by molar-refractivity contribution is -0.141. The summed E-state index contributed by atoms with van der Waals surface area (Å²) in [6.45, 7) is 7.70. The van der Waals surface area contributed by atoms with E-state index in [2.05, 4.69) is 29.1 Å². The molecule has 10 heteroatoms. The van der Waals surface area contributed by atoms with Gasteiger partial charge in [0, 0.05) is 22.8 Å². The first-order chi connectivity index (χ1) is 16.3. The van der Waals surface area contributed by atoms with E-state index in [9.17, 15) is 23.1 Å². The number of anilines is 1. The van der Waals surface area contributed by atoms with Crippen LogP contribution in [0.3, 0.4) is 0 Å². The molecule has 0 radical (unpaired) electrons. The minimum atomic E-state index is -4.64. The maximum atomic E-state index is 12.8. The van der Waals surface area contributed by atoms with Crippen LogP contribution in [0.5, 0.6) is 0 Å². The maximum Gasteiger partial charge on any atom is 0.434 e. The maximum absolute atomic E-state index is 12.8. The highest BCUT2D eigenvalue weighted by Crippen LogP contribution is 2.37. The third-order valence-corrected chi connectivity index (χ3v) is 6.80. The number of fused-ring (bicyclic) bond motifs is 1. The molecule has 7 nitrogen and oxygen atoms in total. The molecule has 2 heterocycles. The average molecular weight is 490 g/mol. The van der Waals surface area contributed by atoms with Gasteiger partial charge in [-0.15, -0.1) is 0 Å². The normalized spacial score (nSPS) is 19.3. The third-order valence-electron chi connectivity index (χ3n) is 6.80. The van der Waals surface area contributed by atoms with Crippen LogP contribution in [0.4, 0.5) is 18.9 Å². The van der Waals surface area contributed by atoms with Crippen LogP contribution in [0.25, 0.3) is 10.9 Å². The second-order valence-electron chi connectivity index (χ2n) is 10.2. The van der Waals surface area contributed by atoms with Gasteiger partial charge in [0.25, 0.3) is 5.91 Å². The van der Waals surface area contributed by atoms with E-state index in [4.69, 9.17) is 5.10 Å².